The number of aromatic amines is 1. The number of Topliss-reactive ketones (excluding diaryl/α,β-unsaturated/α-hetero) is 1. The molecular weight excluding hydrogens is 324 g/mol. The average Bonchev–Trinajstić information content (AvgIpc) is 3.20. The fourth-order valence-corrected chi connectivity index (χ4v) is 3.81. The number of fused-ring (bicyclic) bond motifs is 2. The first-order valence-electron chi connectivity index (χ1n) is 7.38. The maximum atomic E-state index is 11.8. The van der Waals surface area contributed by atoms with Crippen LogP contribution in [0.1, 0.15) is 17.3 Å². The summed E-state index contributed by atoms with van der Waals surface area (Å²) in [5.41, 5.74) is 9.46. The van der Waals surface area contributed by atoms with Crippen molar-refractivity contribution in [2.24, 2.45) is 5.73 Å². The monoisotopic (exact) mass is 338 g/mol. The number of benzene rings is 1. The van der Waals surface area contributed by atoms with Gasteiger partial charge in [0.1, 0.15) is 11.5 Å². The van der Waals surface area contributed by atoms with Crippen LogP contribution in [0.15, 0.2) is 35.8 Å². The highest BCUT2D eigenvalue weighted by Gasteiger charge is 2.16. The van der Waals surface area contributed by atoms with E-state index < -0.39 is 5.91 Å². The number of primary amides is 1. The van der Waals surface area contributed by atoms with Crippen LogP contribution in [-0.4, -0.2) is 26.5 Å². The minimum Gasteiger partial charge on any atom is -0.366 e. The van der Waals surface area contributed by atoms with Crippen molar-refractivity contribution in [3.05, 3.63) is 41.4 Å². The third kappa shape index (κ3) is 2.21. The number of rotatable bonds is 4. The van der Waals surface area contributed by atoms with Gasteiger partial charge >= 0.3 is 0 Å². The van der Waals surface area contributed by atoms with Crippen molar-refractivity contribution < 1.29 is 9.59 Å². The van der Waals surface area contributed by atoms with E-state index in [1.165, 1.54) is 6.92 Å². The summed E-state index contributed by atoms with van der Waals surface area (Å²) in [4.78, 5) is 23.2. The Morgan fingerprint density at radius 3 is 2.92 bits per heavy atom. The normalized spacial score (nSPS) is 11.4. The third-order valence-corrected chi connectivity index (χ3v) is 4.90. The van der Waals surface area contributed by atoms with Crippen LogP contribution in [0.4, 0.5) is 0 Å². The molecule has 120 valence electrons. The average molecular weight is 338 g/mol. The molecule has 1 amide bonds. The Bertz CT molecular complexity index is 1100. The predicted molar refractivity (Wildman–Crippen MR) is 94.1 cm³/mol. The number of amides is 1. The highest BCUT2D eigenvalue weighted by Crippen LogP contribution is 2.33. The highest BCUT2D eigenvalue weighted by molar-refractivity contribution is 7.17. The number of ketones is 1. The standard InChI is InChI=1S/C17H14N4O2S/c1-9(22)7-21-8-12(17(18)23)11-6-10(2-3-14(11)21)15-16-13(19-20-15)4-5-24-16/h2-6,8H,7H2,1H3,(H2,18,23)(H,19,20). The van der Waals surface area contributed by atoms with E-state index >= 15 is 0 Å². The maximum Gasteiger partial charge on any atom is 0.250 e. The molecule has 0 fully saturated rings. The fourth-order valence-electron chi connectivity index (χ4n) is 2.95. The summed E-state index contributed by atoms with van der Waals surface area (Å²) in [6.45, 7) is 1.72. The number of hydrogen-bond acceptors (Lipinski definition) is 4. The topological polar surface area (TPSA) is 93.8 Å². The summed E-state index contributed by atoms with van der Waals surface area (Å²) < 4.78 is 2.82. The molecule has 3 heterocycles. The zero-order chi connectivity index (χ0) is 16.8. The van der Waals surface area contributed by atoms with Crippen molar-refractivity contribution in [1.29, 1.82) is 0 Å². The minimum absolute atomic E-state index is 0.0135. The van der Waals surface area contributed by atoms with Crippen LogP contribution in [0, 0.1) is 0 Å². The van der Waals surface area contributed by atoms with E-state index in [0.717, 1.165) is 32.4 Å². The van der Waals surface area contributed by atoms with E-state index in [-0.39, 0.29) is 12.3 Å². The molecule has 0 atom stereocenters. The molecular formula is C17H14N4O2S. The minimum atomic E-state index is -0.511. The van der Waals surface area contributed by atoms with Gasteiger partial charge in [-0.3, -0.25) is 14.7 Å². The molecule has 0 radical (unpaired) electrons. The molecule has 0 saturated heterocycles. The maximum absolute atomic E-state index is 11.8. The molecule has 0 bridgehead atoms. The lowest BCUT2D eigenvalue weighted by molar-refractivity contribution is -0.117. The summed E-state index contributed by atoms with van der Waals surface area (Å²) in [6, 6.07) is 7.72. The van der Waals surface area contributed by atoms with E-state index in [9.17, 15) is 9.59 Å². The van der Waals surface area contributed by atoms with Crippen molar-refractivity contribution >= 4 is 44.1 Å². The van der Waals surface area contributed by atoms with Gasteiger partial charge < -0.3 is 10.3 Å². The molecule has 0 aliphatic carbocycles. The number of H-pyrrole nitrogens is 1. The number of hydrogen-bond donors (Lipinski definition) is 2. The lowest BCUT2D eigenvalue weighted by Gasteiger charge is -2.03. The van der Waals surface area contributed by atoms with Crippen LogP contribution in [0.25, 0.3) is 32.4 Å². The number of carbonyl (C=O) groups is 2. The second-order valence-corrected chi connectivity index (χ2v) is 6.62. The second-order valence-electron chi connectivity index (χ2n) is 5.70. The fraction of sp³-hybridized carbons (Fsp3) is 0.118. The third-order valence-electron chi connectivity index (χ3n) is 3.98. The summed E-state index contributed by atoms with van der Waals surface area (Å²) in [6.07, 6.45) is 1.64. The van der Waals surface area contributed by atoms with Gasteiger partial charge in [0, 0.05) is 22.7 Å². The Kier molecular flexibility index (Phi) is 3.24. The molecule has 6 nitrogen and oxygen atoms in total. The molecule has 0 aliphatic heterocycles. The van der Waals surface area contributed by atoms with Crippen molar-refractivity contribution in [2.45, 2.75) is 13.5 Å². The highest BCUT2D eigenvalue weighted by atomic mass is 32.1. The van der Waals surface area contributed by atoms with Crippen molar-refractivity contribution in [3.8, 4) is 11.3 Å². The van der Waals surface area contributed by atoms with E-state index in [1.807, 2.05) is 29.6 Å². The SMILES string of the molecule is CC(=O)Cn1cc(C(N)=O)c2cc(-c3n[nH]c4ccsc34)ccc21. The van der Waals surface area contributed by atoms with E-state index in [0.29, 0.717) is 5.56 Å². The zero-order valence-corrected chi connectivity index (χ0v) is 13.7. The smallest absolute Gasteiger partial charge is 0.250 e. The first kappa shape index (κ1) is 14.6. The Morgan fingerprint density at radius 1 is 1.33 bits per heavy atom. The first-order chi connectivity index (χ1) is 11.5. The van der Waals surface area contributed by atoms with Crippen LogP contribution >= 0.6 is 11.3 Å². The van der Waals surface area contributed by atoms with Gasteiger partial charge in [0.05, 0.1) is 22.3 Å². The van der Waals surface area contributed by atoms with Crippen LogP contribution in [-0.2, 0) is 11.3 Å². The predicted octanol–water partition coefficient (Wildman–Crippen LogP) is 2.93. The molecule has 3 N–H and O–H groups in total. The zero-order valence-electron chi connectivity index (χ0n) is 12.9. The summed E-state index contributed by atoms with van der Waals surface area (Å²) in [7, 11) is 0. The van der Waals surface area contributed by atoms with Crippen molar-refractivity contribution in [2.75, 3.05) is 0 Å². The van der Waals surface area contributed by atoms with E-state index in [2.05, 4.69) is 10.2 Å². The number of nitrogens with two attached hydrogens (primary N) is 1. The van der Waals surface area contributed by atoms with Gasteiger partial charge in [-0.05, 0) is 30.5 Å². The van der Waals surface area contributed by atoms with Crippen LogP contribution in [0.2, 0.25) is 0 Å². The number of nitrogens with one attached hydrogen (secondary N) is 1. The second kappa shape index (κ2) is 5.31. The number of thiophene rings is 1. The van der Waals surface area contributed by atoms with Gasteiger partial charge in [0.25, 0.3) is 5.91 Å². The molecule has 3 aromatic heterocycles. The molecule has 1 aromatic carbocycles. The Morgan fingerprint density at radius 2 is 2.17 bits per heavy atom. The number of nitrogens with zero attached hydrogens (tertiary/aromatic N) is 2. The summed E-state index contributed by atoms with van der Waals surface area (Å²) in [5, 5.41) is 10.1. The van der Waals surface area contributed by atoms with Crippen LogP contribution < -0.4 is 5.73 Å². The van der Waals surface area contributed by atoms with Gasteiger partial charge in [0.15, 0.2) is 0 Å². The van der Waals surface area contributed by atoms with Crippen molar-refractivity contribution in [1.82, 2.24) is 14.8 Å². The Labute approximate surface area is 140 Å². The molecule has 0 saturated carbocycles. The summed E-state index contributed by atoms with van der Waals surface area (Å²) in [5.74, 6) is -0.498. The lowest BCUT2D eigenvalue weighted by Crippen LogP contribution is -2.10. The van der Waals surface area contributed by atoms with E-state index in [1.54, 1.807) is 22.1 Å². The largest absolute Gasteiger partial charge is 0.366 e. The lowest BCUT2D eigenvalue weighted by atomic mass is 10.1. The Hall–Kier alpha value is -2.93. The van der Waals surface area contributed by atoms with E-state index in [4.69, 9.17) is 5.73 Å². The van der Waals surface area contributed by atoms with Gasteiger partial charge in [-0.25, -0.2) is 0 Å². The number of carbonyl (C=O) groups excluding carboxylic acids is 2. The first-order valence-corrected chi connectivity index (χ1v) is 8.26. The van der Waals surface area contributed by atoms with Gasteiger partial charge in [0.2, 0.25) is 0 Å². The van der Waals surface area contributed by atoms with Gasteiger partial charge in [-0.1, -0.05) is 6.07 Å². The molecule has 0 unspecified atom stereocenters. The summed E-state index contributed by atoms with van der Waals surface area (Å²) >= 11 is 1.61. The van der Waals surface area contributed by atoms with Gasteiger partial charge in [-0.15, -0.1) is 11.3 Å². The molecule has 4 rings (SSSR count). The van der Waals surface area contributed by atoms with Crippen LogP contribution in [0.3, 0.4) is 0 Å². The number of aromatic nitrogens is 3. The van der Waals surface area contributed by atoms with Crippen LogP contribution in [0.5, 0.6) is 0 Å². The Balaban J connectivity index is 1.94. The molecule has 0 spiro atoms. The quantitative estimate of drug-likeness (QED) is 0.599. The molecule has 4 aromatic rings. The molecule has 7 heteroatoms. The molecule has 0 aliphatic rings. The van der Waals surface area contributed by atoms with Crippen molar-refractivity contribution in [3.63, 3.8) is 0 Å². The molecule has 24 heavy (non-hydrogen) atoms. The van der Waals surface area contributed by atoms with Gasteiger partial charge in [-0.2, -0.15) is 5.10 Å².